The molecule has 0 aromatic heterocycles. The zero-order valence-corrected chi connectivity index (χ0v) is 8.83. The van der Waals surface area contributed by atoms with Gasteiger partial charge in [0.2, 0.25) is 0 Å². The second-order valence-corrected chi connectivity index (χ2v) is 3.23. The number of aliphatic hydroxyl groups is 1. The van der Waals surface area contributed by atoms with Crippen LogP contribution in [0.1, 0.15) is 39.0 Å². The molecule has 0 heterocycles. The Kier molecular flexibility index (Phi) is 9.49. The van der Waals surface area contributed by atoms with Gasteiger partial charge in [-0.1, -0.05) is 38.3 Å². The predicted octanol–water partition coefficient (Wildman–Crippen LogP) is 2.52. The molecule has 0 aliphatic heterocycles. The molecular weight excluding hydrogens is 164 g/mol. The molecular formula is C11H22O2. The lowest BCUT2D eigenvalue weighted by molar-refractivity contribution is 0.0818. The summed E-state index contributed by atoms with van der Waals surface area (Å²) in [6.07, 6.45) is 10.2. The molecule has 13 heavy (non-hydrogen) atoms. The van der Waals surface area contributed by atoms with Crippen LogP contribution in [-0.4, -0.2) is 24.9 Å². The van der Waals surface area contributed by atoms with Crippen LogP contribution in [0, 0.1) is 0 Å². The molecule has 0 bridgehead atoms. The van der Waals surface area contributed by atoms with Crippen molar-refractivity contribution in [3.63, 3.8) is 0 Å². The third-order valence-electron chi connectivity index (χ3n) is 2.06. The number of hydrogen-bond donors (Lipinski definition) is 1. The molecule has 0 saturated heterocycles. The highest BCUT2D eigenvalue weighted by Crippen LogP contribution is 2.03. The smallest absolute Gasteiger partial charge is 0.0982 e. The molecule has 0 aromatic carbocycles. The van der Waals surface area contributed by atoms with Gasteiger partial charge in [0, 0.05) is 7.11 Å². The molecule has 0 radical (unpaired) electrons. The van der Waals surface area contributed by atoms with Crippen molar-refractivity contribution in [2.45, 2.75) is 45.1 Å². The van der Waals surface area contributed by atoms with Crippen LogP contribution < -0.4 is 0 Å². The number of rotatable bonds is 8. The van der Waals surface area contributed by atoms with E-state index in [9.17, 15) is 0 Å². The molecule has 0 aromatic rings. The topological polar surface area (TPSA) is 29.5 Å². The fourth-order valence-electron chi connectivity index (χ4n) is 1.15. The quantitative estimate of drug-likeness (QED) is 0.466. The summed E-state index contributed by atoms with van der Waals surface area (Å²) in [5.41, 5.74) is 0. The second-order valence-electron chi connectivity index (χ2n) is 3.23. The molecule has 0 aliphatic carbocycles. The Bertz CT molecular complexity index is 117. The SMILES string of the molecule is CCCCCCC=CC(CO)OC. The highest BCUT2D eigenvalue weighted by molar-refractivity contribution is 4.88. The molecule has 0 saturated carbocycles. The monoisotopic (exact) mass is 186 g/mol. The van der Waals surface area contributed by atoms with Crippen LogP contribution in [0.3, 0.4) is 0 Å². The molecule has 2 nitrogen and oxygen atoms in total. The first-order chi connectivity index (χ1) is 6.35. The van der Waals surface area contributed by atoms with E-state index >= 15 is 0 Å². The largest absolute Gasteiger partial charge is 0.393 e. The first-order valence-corrected chi connectivity index (χ1v) is 5.15. The maximum atomic E-state index is 8.79. The van der Waals surface area contributed by atoms with Crippen molar-refractivity contribution < 1.29 is 9.84 Å². The number of hydrogen-bond acceptors (Lipinski definition) is 2. The summed E-state index contributed by atoms with van der Waals surface area (Å²) in [6, 6.07) is 0. The van der Waals surface area contributed by atoms with E-state index in [1.54, 1.807) is 7.11 Å². The van der Waals surface area contributed by atoms with E-state index in [0.717, 1.165) is 6.42 Å². The average Bonchev–Trinajstić information content (AvgIpc) is 2.17. The minimum Gasteiger partial charge on any atom is -0.393 e. The van der Waals surface area contributed by atoms with Crippen molar-refractivity contribution >= 4 is 0 Å². The summed E-state index contributed by atoms with van der Waals surface area (Å²) in [5.74, 6) is 0. The Morgan fingerprint density at radius 1 is 1.31 bits per heavy atom. The minimum absolute atomic E-state index is 0.0714. The van der Waals surface area contributed by atoms with E-state index in [0.29, 0.717) is 0 Å². The lowest BCUT2D eigenvalue weighted by Crippen LogP contribution is -2.11. The summed E-state index contributed by atoms with van der Waals surface area (Å²) in [5, 5.41) is 8.79. The minimum atomic E-state index is -0.119. The Hall–Kier alpha value is -0.340. The Morgan fingerprint density at radius 2 is 2.08 bits per heavy atom. The molecule has 0 aliphatic rings. The predicted molar refractivity (Wildman–Crippen MR) is 55.8 cm³/mol. The molecule has 78 valence electrons. The summed E-state index contributed by atoms with van der Waals surface area (Å²) < 4.78 is 4.99. The number of ether oxygens (including phenoxy) is 1. The van der Waals surface area contributed by atoms with Gasteiger partial charge < -0.3 is 9.84 Å². The van der Waals surface area contributed by atoms with Crippen LogP contribution in [0.15, 0.2) is 12.2 Å². The van der Waals surface area contributed by atoms with E-state index in [4.69, 9.17) is 9.84 Å². The van der Waals surface area contributed by atoms with Gasteiger partial charge >= 0.3 is 0 Å². The van der Waals surface area contributed by atoms with Crippen molar-refractivity contribution in [2.75, 3.05) is 13.7 Å². The van der Waals surface area contributed by atoms with E-state index in [1.165, 1.54) is 25.7 Å². The zero-order valence-electron chi connectivity index (χ0n) is 8.83. The van der Waals surface area contributed by atoms with Crippen LogP contribution in [-0.2, 0) is 4.74 Å². The fourth-order valence-corrected chi connectivity index (χ4v) is 1.15. The summed E-state index contributed by atoms with van der Waals surface area (Å²) in [4.78, 5) is 0. The normalized spacial score (nSPS) is 13.8. The van der Waals surface area contributed by atoms with Gasteiger partial charge in [0.1, 0.15) is 0 Å². The van der Waals surface area contributed by atoms with E-state index in [1.807, 2.05) is 6.08 Å². The maximum absolute atomic E-state index is 8.79. The summed E-state index contributed by atoms with van der Waals surface area (Å²) in [7, 11) is 1.61. The molecule has 1 atom stereocenters. The van der Waals surface area contributed by atoms with Gasteiger partial charge in [-0.15, -0.1) is 0 Å². The lowest BCUT2D eigenvalue weighted by Gasteiger charge is -2.05. The number of methoxy groups -OCH3 is 1. The molecule has 0 amide bonds. The van der Waals surface area contributed by atoms with Crippen molar-refractivity contribution in [1.29, 1.82) is 0 Å². The van der Waals surface area contributed by atoms with Crippen LogP contribution >= 0.6 is 0 Å². The third-order valence-corrected chi connectivity index (χ3v) is 2.06. The van der Waals surface area contributed by atoms with Gasteiger partial charge in [-0.25, -0.2) is 0 Å². The van der Waals surface area contributed by atoms with Crippen molar-refractivity contribution in [2.24, 2.45) is 0 Å². The van der Waals surface area contributed by atoms with Gasteiger partial charge in [0.25, 0.3) is 0 Å². The third kappa shape index (κ3) is 8.00. The maximum Gasteiger partial charge on any atom is 0.0982 e. The van der Waals surface area contributed by atoms with E-state index < -0.39 is 0 Å². The lowest BCUT2D eigenvalue weighted by atomic mass is 10.1. The Labute approximate surface area is 81.6 Å². The second kappa shape index (κ2) is 9.75. The van der Waals surface area contributed by atoms with Crippen LogP contribution in [0.5, 0.6) is 0 Å². The molecule has 0 spiro atoms. The summed E-state index contributed by atoms with van der Waals surface area (Å²) in [6.45, 7) is 2.28. The van der Waals surface area contributed by atoms with Gasteiger partial charge in [-0.2, -0.15) is 0 Å². The van der Waals surface area contributed by atoms with E-state index in [-0.39, 0.29) is 12.7 Å². The number of aliphatic hydroxyl groups excluding tert-OH is 1. The van der Waals surface area contributed by atoms with Gasteiger partial charge in [-0.3, -0.25) is 0 Å². The number of unbranched alkanes of at least 4 members (excludes halogenated alkanes) is 4. The van der Waals surface area contributed by atoms with Crippen molar-refractivity contribution in [3.8, 4) is 0 Å². The highest BCUT2D eigenvalue weighted by atomic mass is 16.5. The van der Waals surface area contributed by atoms with Crippen molar-refractivity contribution in [3.05, 3.63) is 12.2 Å². The van der Waals surface area contributed by atoms with Crippen LogP contribution in [0.25, 0.3) is 0 Å². The highest BCUT2D eigenvalue weighted by Gasteiger charge is 1.97. The molecule has 1 unspecified atom stereocenters. The Balaban J connectivity index is 3.28. The average molecular weight is 186 g/mol. The zero-order chi connectivity index (χ0) is 9.94. The number of allylic oxidation sites excluding steroid dienone is 1. The van der Waals surface area contributed by atoms with Gasteiger partial charge in [0.05, 0.1) is 12.7 Å². The Morgan fingerprint density at radius 3 is 2.62 bits per heavy atom. The van der Waals surface area contributed by atoms with Crippen LogP contribution in [0.2, 0.25) is 0 Å². The van der Waals surface area contributed by atoms with Crippen molar-refractivity contribution in [1.82, 2.24) is 0 Å². The molecule has 0 fully saturated rings. The van der Waals surface area contributed by atoms with Gasteiger partial charge in [0.15, 0.2) is 0 Å². The first-order valence-electron chi connectivity index (χ1n) is 5.15. The van der Waals surface area contributed by atoms with Crippen LogP contribution in [0.4, 0.5) is 0 Å². The van der Waals surface area contributed by atoms with E-state index in [2.05, 4.69) is 13.0 Å². The molecule has 2 heteroatoms. The standard InChI is InChI=1S/C11H22O2/c1-3-4-5-6-7-8-9-11(10-12)13-2/h8-9,11-12H,3-7,10H2,1-2H3. The molecule has 0 rings (SSSR count). The van der Waals surface area contributed by atoms with Gasteiger partial charge in [-0.05, 0) is 12.8 Å². The molecule has 1 N–H and O–H groups in total. The summed E-state index contributed by atoms with van der Waals surface area (Å²) >= 11 is 0. The fraction of sp³-hybridized carbons (Fsp3) is 0.818. The first kappa shape index (κ1) is 12.7.